The Morgan fingerprint density at radius 2 is 2.05 bits per heavy atom. The number of nitrogens with zero attached hydrogens (tertiary/aromatic N) is 2. The number of pyridine rings is 2. The third kappa shape index (κ3) is 2.68. The van der Waals surface area contributed by atoms with E-state index in [1.807, 2.05) is 0 Å². The van der Waals surface area contributed by atoms with Crippen molar-refractivity contribution in [1.29, 1.82) is 0 Å². The maximum atomic E-state index is 13.5. The van der Waals surface area contributed by atoms with Gasteiger partial charge in [0.15, 0.2) is 5.82 Å². The van der Waals surface area contributed by atoms with Crippen LogP contribution in [0, 0.1) is 5.82 Å². The molecule has 0 aliphatic carbocycles. The number of hydrogen-bond donors (Lipinski definition) is 1. The second kappa shape index (κ2) is 5.46. The summed E-state index contributed by atoms with van der Waals surface area (Å²) < 4.78 is 13.5. The fraction of sp³-hybridized carbons (Fsp3) is 0. The lowest BCUT2D eigenvalue weighted by Gasteiger charge is -2.08. The fourth-order valence-electron chi connectivity index (χ4n) is 2.00. The lowest BCUT2D eigenvalue weighted by Crippen LogP contribution is -2.14. The number of benzene rings is 1. The van der Waals surface area contributed by atoms with E-state index in [9.17, 15) is 9.18 Å². The van der Waals surface area contributed by atoms with Gasteiger partial charge in [-0.1, -0.05) is 29.8 Å². The third-order valence-corrected chi connectivity index (χ3v) is 3.14. The molecule has 2 heterocycles. The van der Waals surface area contributed by atoms with Crippen LogP contribution in [0.25, 0.3) is 10.9 Å². The van der Waals surface area contributed by atoms with E-state index in [1.165, 1.54) is 18.3 Å². The maximum Gasteiger partial charge on any atom is 0.256 e. The van der Waals surface area contributed by atoms with Crippen LogP contribution in [0.2, 0.25) is 5.15 Å². The van der Waals surface area contributed by atoms with Crippen LogP contribution in [0.1, 0.15) is 10.4 Å². The summed E-state index contributed by atoms with van der Waals surface area (Å²) >= 11 is 5.93. The number of carbonyl (C=O) groups excluding carboxylic acids is 1. The fourth-order valence-corrected chi connectivity index (χ4v) is 2.20. The minimum atomic E-state index is -0.602. The number of para-hydroxylation sites is 1. The average Bonchev–Trinajstić information content (AvgIpc) is 2.48. The molecule has 1 amide bonds. The summed E-state index contributed by atoms with van der Waals surface area (Å²) in [5.74, 6) is -1.06. The predicted octanol–water partition coefficient (Wildman–Crippen LogP) is 3.67. The van der Waals surface area contributed by atoms with Crippen molar-refractivity contribution in [3.05, 3.63) is 65.3 Å². The first-order valence-electron chi connectivity index (χ1n) is 6.11. The van der Waals surface area contributed by atoms with Gasteiger partial charge in [-0.05, 0) is 18.2 Å². The van der Waals surface area contributed by atoms with Gasteiger partial charge in [-0.25, -0.2) is 9.37 Å². The lowest BCUT2D eigenvalue weighted by molar-refractivity contribution is 0.102. The molecule has 0 aliphatic heterocycles. The highest BCUT2D eigenvalue weighted by Crippen LogP contribution is 2.22. The minimum Gasteiger partial charge on any atom is -0.319 e. The van der Waals surface area contributed by atoms with Crippen molar-refractivity contribution < 1.29 is 9.18 Å². The summed E-state index contributed by atoms with van der Waals surface area (Å²) in [6, 6.07) is 9.95. The van der Waals surface area contributed by atoms with E-state index in [0.717, 1.165) is 6.20 Å². The van der Waals surface area contributed by atoms with E-state index in [4.69, 9.17) is 11.6 Å². The Balaban J connectivity index is 2.04. The molecule has 6 heteroatoms. The van der Waals surface area contributed by atoms with E-state index < -0.39 is 11.7 Å². The van der Waals surface area contributed by atoms with Crippen molar-refractivity contribution in [2.45, 2.75) is 0 Å². The molecule has 21 heavy (non-hydrogen) atoms. The molecular formula is C15H9ClFN3O. The van der Waals surface area contributed by atoms with Crippen LogP contribution in [0.3, 0.4) is 0 Å². The van der Waals surface area contributed by atoms with Gasteiger partial charge in [-0.15, -0.1) is 0 Å². The number of halogens is 2. The van der Waals surface area contributed by atoms with E-state index in [1.54, 1.807) is 24.3 Å². The van der Waals surface area contributed by atoms with Crippen molar-refractivity contribution in [1.82, 2.24) is 9.97 Å². The number of nitrogens with one attached hydrogen (secondary N) is 1. The molecule has 1 aromatic carbocycles. The van der Waals surface area contributed by atoms with Gasteiger partial charge < -0.3 is 5.32 Å². The van der Waals surface area contributed by atoms with Crippen LogP contribution in [0.15, 0.2) is 48.8 Å². The summed E-state index contributed by atoms with van der Waals surface area (Å²) in [6.07, 6.45) is 2.43. The highest BCUT2D eigenvalue weighted by Gasteiger charge is 2.14. The molecular weight excluding hydrogens is 293 g/mol. The van der Waals surface area contributed by atoms with Crippen LogP contribution in [0.4, 0.5) is 10.1 Å². The Morgan fingerprint density at radius 3 is 2.86 bits per heavy atom. The first-order valence-corrected chi connectivity index (χ1v) is 6.49. The molecule has 0 spiro atoms. The molecule has 4 nitrogen and oxygen atoms in total. The zero-order valence-corrected chi connectivity index (χ0v) is 11.4. The summed E-state index contributed by atoms with van der Waals surface area (Å²) in [6.45, 7) is 0. The van der Waals surface area contributed by atoms with E-state index in [2.05, 4.69) is 15.3 Å². The smallest absolute Gasteiger partial charge is 0.256 e. The van der Waals surface area contributed by atoms with Gasteiger partial charge >= 0.3 is 0 Å². The molecule has 0 saturated heterocycles. The van der Waals surface area contributed by atoms with Gasteiger partial charge in [-0.3, -0.25) is 9.78 Å². The molecule has 0 bridgehead atoms. The number of anilines is 1. The molecule has 0 atom stereocenters. The van der Waals surface area contributed by atoms with E-state index >= 15 is 0 Å². The first-order chi connectivity index (χ1) is 10.1. The van der Waals surface area contributed by atoms with Crippen molar-refractivity contribution in [2.75, 3.05) is 5.32 Å². The Kier molecular flexibility index (Phi) is 3.50. The van der Waals surface area contributed by atoms with Crippen LogP contribution in [-0.2, 0) is 0 Å². The number of carbonyl (C=O) groups is 1. The van der Waals surface area contributed by atoms with Crippen LogP contribution in [0.5, 0.6) is 0 Å². The average molecular weight is 302 g/mol. The zero-order chi connectivity index (χ0) is 14.8. The van der Waals surface area contributed by atoms with Crippen LogP contribution in [-0.4, -0.2) is 15.9 Å². The summed E-state index contributed by atoms with van der Waals surface area (Å²) in [5, 5.41) is 3.36. The highest BCUT2D eigenvalue weighted by molar-refractivity contribution is 6.30. The summed E-state index contributed by atoms with van der Waals surface area (Å²) in [5.41, 5.74) is 0.999. The molecule has 0 unspecified atom stereocenters. The van der Waals surface area contributed by atoms with E-state index in [0.29, 0.717) is 16.5 Å². The molecule has 0 aliphatic rings. The first kappa shape index (κ1) is 13.5. The monoisotopic (exact) mass is 301 g/mol. The van der Waals surface area contributed by atoms with Gasteiger partial charge in [0.25, 0.3) is 5.91 Å². The van der Waals surface area contributed by atoms with Crippen molar-refractivity contribution in [3.8, 4) is 0 Å². The normalized spacial score (nSPS) is 10.6. The van der Waals surface area contributed by atoms with Gasteiger partial charge in [0.05, 0.1) is 23.0 Å². The topological polar surface area (TPSA) is 54.9 Å². The number of amides is 1. The van der Waals surface area contributed by atoms with Crippen molar-refractivity contribution >= 4 is 34.1 Å². The van der Waals surface area contributed by atoms with Crippen molar-refractivity contribution in [3.63, 3.8) is 0 Å². The van der Waals surface area contributed by atoms with E-state index in [-0.39, 0.29) is 10.8 Å². The summed E-state index contributed by atoms with van der Waals surface area (Å²) in [4.78, 5) is 20.1. The maximum absolute atomic E-state index is 13.5. The van der Waals surface area contributed by atoms with Crippen LogP contribution >= 0.6 is 11.6 Å². The van der Waals surface area contributed by atoms with Crippen molar-refractivity contribution in [2.24, 2.45) is 0 Å². The number of rotatable bonds is 2. The Bertz CT molecular complexity index is 838. The lowest BCUT2D eigenvalue weighted by atomic mass is 10.1. The number of hydrogen-bond acceptors (Lipinski definition) is 3. The molecule has 2 aromatic heterocycles. The van der Waals surface area contributed by atoms with Gasteiger partial charge in [0.1, 0.15) is 5.15 Å². The van der Waals surface area contributed by atoms with Crippen LogP contribution < -0.4 is 5.32 Å². The molecule has 3 aromatic rings. The standard InChI is InChI=1S/C15H9ClFN3O/c16-14-7-10(9-3-1-2-4-12(9)19-14)15(21)20-13-5-6-18-8-11(13)17/h1-8H,(H,18,20,21). The second-order valence-electron chi connectivity index (χ2n) is 4.32. The van der Waals surface area contributed by atoms with Gasteiger partial charge in [0, 0.05) is 11.6 Å². The summed E-state index contributed by atoms with van der Waals surface area (Å²) in [7, 11) is 0. The Labute approximate surface area is 124 Å². The SMILES string of the molecule is O=C(Nc1ccncc1F)c1cc(Cl)nc2ccccc12. The molecule has 0 fully saturated rings. The number of fused-ring (bicyclic) bond motifs is 1. The molecule has 104 valence electrons. The molecule has 3 rings (SSSR count). The third-order valence-electron chi connectivity index (χ3n) is 2.95. The van der Waals surface area contributed by atoms with Gasteiger partial charge in [-0.2, -0.15) is 0 Å². The molecule has 0 radical (unpaired) electrons. The Morgan fingerprint density at radius 1 is 1.24 bits per heavy atom. The number of aromatic nitrogens is 2. The molecule has 0 saturated carbocycles. The second-order valence-corrected chi connectivity index (χ2v) is 4.71. The largest absolute Gasteiger partial charge is 0.319 e. The predicted molar refractivity (Wildman–Crippen MR) is 78.9 cm³/mol. The zero-order valence-electron chi connectivity index (χ0n) is 10.7. The van der Waals surface area contributed by atoms with Gasteiger partial charge in [0.2, 0.25) is 0 Å². The quantitative estimate of drug-likeness (QED) is 0.735. The molecule has 1 N–H and O–H groups in total. The Hall–Kier alpha value is -2.53. The minimum absolute atomic E-state index is 0.0621. The highest BCUT2D eigenvalue weighted by atomic mass is 35.5.